The molecule has 0 aliphatic rings. The number of aryl methyl sites for hydroxylation is 1. The van der Waals surface area contributed by atoms with Crippen LogP contribution in [0.4, 0.5) is 8.78 Å². The summed E-state index contributed by atoms with van der Waals surface area (Å²) in [6.45, 7) is 5.51. The molecule has 0 fully saturated rings. The van der Waals surface area contributed by atoms with Gasteiger partial charge in [-0.3, -0.25) is 10.1 Å². The van der Waals surface area contributed by atoms with Gasteiger partial charge in [0.15, 0.2) is 17.8 Å². The Balaban J connectivity index is 1.97. The fraction of sp³-hybridized carbons (Fsp3) is 0.269. The first-order valence-corrected chi connectivity index (χ1v) is 11.0. The second-order valence-electron chi connectivity index (χ2n) is 8.76. The molecule has 0 saturated heterocycles. The van der Waals surface area contributed by atoms with Gasteiger partial charge in [0, 0.05) is 30.4 Å². The zero-order chi connectivity index (χ0) is 25.5. The maximum Gasteiger partial charge on any atom is 0.261 e. The maximum absolute atomic E-state index is 14.4. The van der Waals surface area contributed by atoms with E-state index in [9.17, 15) is 23.8 Å². The van der Waals surface area contributed by atoms with Crippen LogP contribution >= 0.6 is 0 Å². The van der Waals surface area contributed by atoms with Crippen molar-refractivity contribution in [2.24, 2.45) is 7.05 Å². The summed E-state index contributed by atoms with van der Waals surface area (Å²) < 4.78 is 40.8. The van der Waals surface area contributed by atoms with Gasteiger partial charge in [-0.1, -0.05) is 13.0 Å². The predicted molar refractivity (Wildman–Crippen MR) is 127 cm³/mol. The van der Waals surface area contributed by atoms with Crippen molar-refractivity contribution in [3.63, 3.8) is 0 Å². The molecule has 4 rings (SSSR count). The molecule has 2 heterocycles. The van der Waals surface area contributed by atoms with Crippen molar-refractivity contribution in [2.75, 3.05) is 6.54 Å². The van der Waals surface area contributed by atoms with Crippen molar-refractivity contribution >= 4 is 11.0 Å². The number of halogens is 2. The Morgan fingerprint density at radius 2 is 1.83 bits per heavy atom. The fourth-order valence-corrected chi connectivity index (χ4v) is 3.78. The van der Waals surface area contributed by atoms with Crippen LogP contribution in [0.3, 0.4) is 0 Å². The molecule has 0 spiro atoms. The molecule has 9 heteroatoms. The van der Waals surface area contributed by atoms with E-state index in [0.717, 1.165) is 6.07 Å². The topological polar surface area (TPSA) is 96.9 Å². The van der Waals surface area contributed by atoms with E-state index in [1.54, 1.807) is 39.1 Å². The van der Waals surface area contributed by atoms with Crippen molar-refractivity contribution in [1.29, 1.82) is 0 Å². The zero-order valence-electron chi connectivity index (χ0n) is 19.7. The summed E-state index contributed by atoms with van der Waals surface area (Å²) in [7, 11) is 1.57. The normalized spacial score (nSPS) is 12.8. The number of hydrogen-bond acceptors (Lipinski definition) is 6. The van der Waals surface area contributed by atoms with E-state index in [4.69, 9.17) is 9.15 Å². The molecular weight excluding hydrogens is 458 g/mol. The molecule has 1 atom stereocenters. The molecule has 0 aliphatic heterocycles. The van der Waals surface area contributed by atoms with Crippen LogP contribution in [0.1, 0.15) is 38.3 Å². The largest absolute Gasteiger partial charge is 0.456 e. The van der Waals surface area contributed by atoms with Crippen LogP contribution in [-0.4, -0.2) is 21.3 Å². The van der Waals surface area contributed by atoms with Crippen LogP contribution in [0.25, 0.3) is 22.1 Å². The van der Waals surface area contributed by atoms with E-state index >= 15 is 0 Å². The molecule has 184 valence electrons. The third kappa shape index (κ3) is 4.84. The SMILES string of the molecule is CCNC(O)c1cc2c(=O)n(C)cc(-c3cc(C(C)(C)O)ccc3Oc3ccc(F)cc3F)c2o1. The maximum atomic E-state index is 14.4. The summed E-state index contributed by atoms with van der Waals surface area (Å²) >= 11 is 0. The molecule has 0 amide bonds. The van der Waals surface area contributed by atoms with Crippen LogP contribution in [0.15, 0.2) is 57.9 Å². The molecule has 0 saturated carbocycles. The lowest BCUT2D eigenvalue weighted by Crippen LogP contribution is -2.19. The number of fused-ring (bicyclic) bond motifs is 1. The van der Waals surface area contributed by atoms with Crippen LogP contribution in [0.5, 0.6) is 11.5 Å². The van der Waals surface area contributed by atoms with Crippen LogP contribution in [0, 0.1) is 11.6 Å². The van der Waals surface area contributed by atoms with E-state index < -0.39 is 23.5 Å². The third-order valence-corrected chi connectivity index (χ3v) is 5.63. The summed E-state index contributed by atoms with van der Waals surface area (Å²) in [6, 6.07) is 9.27. The first-order chi connectivity index (χ1) is 16.5. The molecule has 35 heavy (non-hydrogen) atoms. The molecule has 7 nitrogen and oxygen atoms in total. The van der Waals surface area contributed by atoms with Crippen LogP contribution in [-0.2, 0) is 12.6 Å². The number of aromatic nitrogens is 1. The number of aliphatic hydroxyl groups is 2. The summed E-state index contributed by atoms with van der Waals surface area (Å²) in [5.41, 5.74) is -0.0242. The van der Waals surface area contributed by atoms with Crippen molar-refractivity contribution in [1.82, 2.24) is 9.88 Å². The Labute approximate surface area is 200 Å². The second-order valence-corrected chi connectivity index (χ2v) is 8.76. The monoisotopic (exact) mass is 484 g/mol. The molecule has 0 aliphatic carbocycles. The molecular formula is C26H26F2N2O5. The van der Waals surface area contributed by atoms with Crippen LogP contribution in [0.2, 0.25) is 0 Å². The lowest BCUT2D eigenvalue weighted by molar-refractivity contribution is 0.0786. The minimum absolute atomic E-state index is 0.150. The standard InChI is InChI=1S/C26H26F2N2O5/c1-5-29-24(31)22-12-17-23(35-22)18(13-30(4)25(17)32)16-10-14(26(2,3)33)6-8-20(16)34-21-9-7-15(27)11-19(21)28/h6-13,24,29,31,33H,5H2,1-4H3. The number of pyridine rings is 1. The third-order valence-electron chi connectivity index (χ3n) is 5.63. The Morgan fingerprint density at radius 3 is 2.49 bits per heavy atom. The number of furan rings is 1. The average Bonchev–Trinajstić information content (AvgIpc) is 3.24. The molecule has 0 bridgehead atoms. The summed E-state index contributed by atoms with van der Waals surface area (Å²) in [5, 5.41) is 24.0. The van der Waals surface area contributed by atoms with E-state index in [1.807, 2.05) is 6.92 Å². The fourth-order valence-electron chi connectivity index (χ4n) is 3.78. The zero-order valence-corrected chi connectivity index (χ0v) is 19.7. The van der Waals surface area contributed by atoms with E-state index in [2.05, 4.69) is 5.32 Å². The lowest BCUT2D eigenvalue weighted by Gasteiger charge is -2.21. The highest BCUT2D eigenvalue weighted by molar-refractivity contribution is 5.94. The Bertz CT molecular complexity index is 1450. The van der Waals surface area contributed by atoms with Crippen molar-refractivity contribution < 1.29 is 28.1 Å². The van der Waals surface area contributed by atoms with E-state index in [0.29, 0.717) is 29.3 Å². The van der Waals surface area contributed by atoms with Gasteiger partial charge in [0.2, 0.25) is 0 Å². The second kappa shape index (κ2) is 9.26. The smallest absolute Gasteiger partial charge is 0.261 e. The molecule has 1 unspecified atom stereocenters. The van der Waals surface area contributed by atoms with Crippen molar-refractivity contribution in [2.45, 2.75) is 32.6 Å². The Hall–Kier alpha value is -3.53. The first-order valence-electron chi connectivity index (χ1n) is 11.0. The van der Waals surface area contributed by atoms with Crippen molar-refractivity contribution in [3.05, 3.63) is 82.0 Å². The number of ether oxygens (including phenoxy) is 1. The highest BCUT2D eigenvalue weighted by atomic mass is 19.1. The number of rotatable bonds is 7. The molecule has 2 aromatic carbocycles. The Morgan fingerprint density at radius 1 is 1.11 bits per heavy atom. The van der Waals surface area contributed by atoms with Gasteiger partial charge in [0.25, 0.3) is 5.56 Å². The molecule has 4 aromatic rings. The van der Waals surface area contributed by atoms with Gasteiger partial charge in [-0.2, -0.15) is 0 Å². The van der Waals surface area contributed by atoms with Gasteiger partial charge in [0.05, 0.1) is 11.0 Å². The number of nitrogens with one attached hydrogen (secondary N) is 1. The molecule has 3 N–H and O–H groups in total. The minimum Gasteiger partial charge on any atom is -0.456 e. The lowest BCUT2D eigenvalue weighted by atomic mass is 9.93. The van der Waals surface area contributed by atoms with Gasteiger partial charge < -0.3 is 23.9 Å². The Kier molecular flexibility index (Phi) is 6.50. The first kappa shape index (κ1) is 24.6. The number of hydrogen-bond donors (Lipinski definition) is 3. The van der Waals surface area contributed by atoms with E-state index in [1.165, 1.54) is 22.9 Å². The van der Waals surface area contributed by atoms with Gasteiger partial charge in [-0.25, -0.2) is 8.78 Å². The average molecular weight is 484 g/mol. The predicted octanol–water partition coefficient (Wildman–Crippen LogP) is 4.70. The van der Waals surface area contributed by atoms with E-state index in [-0.39, 0.29) is 33.8 Å². The summed E-state index contributed by atoms with van der Waals surface area (Å²) in [5.74, 6) is -1.49. The van der Waals surface area contributed by atoms with Gasteiger partial charge in [0.1, 0.15) is 22.9 Å². The van der Waals surface area contributed by atoms with Crippen molar-refractivity contribution in [3.8, 4) is 22.6 Å². The highest BCUT2D eigenvalue weighted by Gasteiger charge is 2.24. The van der Waals surface area contributed by atoms with Crippen LogP contribution < -0.4 is 15.6 Å². The minimum atomic E-state index is -1.22. The number of nitrogens with zero attached hydrogens (tertiary/aromatic N) is 1. The highest BCUT2D eigenvalue weighted by Crippen LogP contribution is 2.40. The van der Waals surface area contributed by atoms with Gasteiger partial charge >= 0.3 is 0 Å². The quantitative estimate of drug-likeness (QED) is 0.329. The molecule has 2 aromatic heterocycles. The number of aliphatic hydroxyl groups excluding tert-OH is 1. The number of benzene rings is 2. The van der Waals surface area contributed by atoms with Gasteiger partial charge in [-0.05, 0) is 56.3 Å². The summed E-state index contributed by atoms with van der Waals surface area (Å²) in [6.07, 6.45) is 0.409. The molecule has 0 radical (unpaired) electrons. The summed E-state index contributed by atoms with van der Waals surface area (Å²) in [4.78, 5) is 12.8. The van der Waals surface area contributed by atoms with Gasteiger partial charge in [-0.15, -0.1) is 0 Å².